The van der Waals surface area contributed by atoms with Crippen LogP contribution < -0.4 is 0 Å². The molecule has 19 heavy (non-hydrogen) atoms. The summed E-state index contributed by atoms with van der Waals surface area (Å²) >= 11 is 5.91. The van der Waals surface area contributed by atoms with Crippen molar-refractivity contribution in [2.24, 2.45) is 0 Å². The number of fused-ring (bicyclic) bond motifs is 1. The molecule has 0 saturated heterocycles. The summed E-state index contributed by atoms with van der Waals surface area (Å²) in [6.45, 7) is 0. The molecule has 1 aromatic heterocycles. The highest BCUT2D eigenvalue weighted by Gasteiger charge is 2.13. The number of para-hydroxylation sites is 1. The van der Waals surface area contributed by atoms with E-state index >= 15 is 0 Å². The lowest BCUT2D eigenvalue weighted by Gasteiger charge is -2.04. The number of nitrogens with zero attached hydrogens (tertiary/aromatic N) is 2. The van der Waals surface area contributed by atoms with Crippen molar-refractivity contribution in [2.45, 2.75) is 0 Å². The first-order valence-corrected chi connectivity index (χ1v) is 6.13. The fraction of sp³-hybridized carbons (Fsp3) is 0. The molecule has 0 fully saturated rings. The van der Waals surface area contributed by atoms with Gasteiger partial charge in [-0.1, -0.05) is 29.8 Å². The summed E-state index contributed by atoms with van der Waals surface area (Å²) in [6.07, 6.45) is 3.19. The van der Waals surface area contributed by atoms with Crippen molar-refractivity contribution in [3.63, 3.8) is 0 Å². The van der Waals surface area contributed by atoms with Crippen LogP contribution in [0.1, 0.15) is 15.9 Å². The largest absolute Gasteiger partial charge is 0.289 e. The summed E-state index contributed by atoms with van der Waals surface area (Å²) in [5.41, 5.74) is 2.39. The van der Waals surface area contributed by atoms with Crippen molar-refractivity contribution in [3.8, 4) is 0 Å². The molecule has 4 heteroatoms. The molecular weight excluding hydrogens is 260 g/mol. The Labute approximate surface area is 114 Å². The quantitative estimate of drug-likeness (QED) is 0.668. The average molecular weight is 269 g/mol. The lowest BCUT2D eigenvalue weighted by molar-refractivity contribution is 0.104. The molecule has 0 atom stereocenters. The Morgan fingerprint density at radius 2 is 1.79 bits per heavy atom. The highest BCUT2D eigenvalue weighted by atomic mass is 35.5. The predicted octanol–water partition coefficient (Wildman–Crippen LogP) is 3.51. The predicted molar refractivity (Wildman–Crippen MR) is 74.4 cm³/mol. The SMILES string of the molecule is O=C(c1cccc(Cl)c1)c1cccc2nccnc12. The van der Waals surface area contributed by atoms with Crippen molar-refractivity contribution < 1.29 is 4.79 Å². The zero-order chi connectivity index (χ0) is 13.2. The van der Waals surface area contributed by atoms with Crippen molar-refractivity contribution in [2.75, 3.05) is 0 Å². The minimum absolute atomic E-state index is 0.103. The Balaban J connectivity index is 2.17. The molecule has 2 aromatic carbocycles. The molecule has 0 N–H and O–H groups in total. The van der Waals surface area contributed by atoms with Gasteiger partial charge in [0, 0.05) is 23.0 Å². The van der Waals surface area contributed by atoms with Gasteiger partial charge in [-0.25, -0.2) is 0 Å². The van der Waals surface area contributed by atoms with E-state index in [-0.39, 0.29) is 5.78 Å². The number of hydrogen-bond donors (Lipinski definition) is 0. The fourth-order valence-corrected chi connectivity index (χ4v) is 2.15. The van der Waals surface area contributed by atoms with Gasteiger partial charge < -0.3 is 0 Å². The molecular formula is C15H9ClN2O. The van der Waals surface area contributed by atoms with Crippen LogP contribution in [-0.4, -0.2) is 15.8 Å². The third-order valence-corrected chi connectivity index (χ3v) is 3.07. The Morgan fingerprint density at radius 3 is 2.63 bits per heavy atom. The van der Waals surface area contributed by atoms with E-state index in [0.717, 1.165) is 0 Å². The summed E-state index contributed by atoms with van der Waals surface area (Å²) in [4.78, 5) is 20.9. The van der Waals surface area contributed by atoms with Crippen LogP contribution in [-0.2, 0) is 0 Å². The Hall–Kier alpha value is -2.26. The van der Waals surface area contributed by atoms with Gasteiger partial charge >= 0.3 is 0 Å². The van der Waals surface area contributed by atoms with Gasteiger partial charge in [0.05, 0.1) is 16.6 Å². The fourth-order valence-electron chi connectivity index (χ4n) is 1.96. The van der Waals surface area contributed by atoms with Gasteiger partial charge in [-0.05, 0) is 24.3 Å². The maximum atomic E-state index is 12.5. The third-order valence-electron chi connectivity index (χ3n) is 2.83. The minimum atomic E-state index is -0.103. The highest BCUT2D eigenvalue weighted by molar-refractivity contribution is 6.31. The van der Waals surface area contributed by atoms with Crippen molar-refractivity contribution in [1.29, 1.82) is 0 Å². The maximum absolute atomic E-state index is 12.5. The van der Waals surface area contributed by atoms with Crippen LogP contribution in [0.15, 0.2) is 54.9 Å². The number of rotatable bonds is 2. The van der Waals surface area contributed by atoms with Crippen molar-refractivity contribution in [3.05, 3.63) is 71.0 Å². The van der Waals surface area contributed by atoms with E-state index in [1.54, 1.807) is 48.8 Å². The first-order valence-electron chi connectivity index (χ1n) is 5.76. The summed E-state index contributed by atoms with van der Waals surface area (Å²) in [5, 5.41) is 0.539. The van der Waals surface area contributed by atoms with Crippen molar-refractivity contribution >= 4 is 28.4 Å². The monoisotopic (exact) mass is 268 g/mol. The molecule has 0 amide bonds. The van der Waals surface area contributed by atoms with E-state index in [9.17, 15) is 4.79 Å². The summed E-state index contributed by atoms with van der Waals surface area (Å²) in [6, 6.07) is 12.3. The average Bonchev–Trinajstić information content (AvgIpc) is 2.46. The number of ketones is 1. The second kappa shape index (κ2) is 4.78. The molecule has 3 rings (SSSR count). The van der Waals surface area contributed by atoms with Gasteiger partial charge in [0.2, 0.25) is 0 Å². The number of benzene rings is 2. The molecule has 0 aliphatic rings. The van der Waals surface area contributed by atoms with Gasteiger partial charge in [0.15, 0.2) is 5.78 Å². The molecule has 3 aromatic rings. The second-order valence-corrected chi connectivity index (χ2v) is 4.51. The van der Waals surface area contributed by atoms with Crippen LogP contribution in [0.25, 0.3) is 11.0 Å². The van der Waals surface area contributed by atoms with Crippen molar-refractivity contribution in [1.82, 2.24) is 9.97 Å². The van der Waals surface area contributed by atoms with Crippen LogP contribution >= 0.6 is 11.6 Å². The summed E-state index contributed by atoms with van der Waals surface area (Å²) < 4.78 is 0. The van der Waals surface area contributed by atoms with E-state index in [1.165, 1.54) is 0 Å². The zero-order valence-corrected chi connectivity index (χ0v) is 10.6. The number of halogens is 1. The van der Waals surface area contributed by atoms with Gasteiger partial charge in [-0.15, -0.1) is 0 Å². The zero-order valence-electron chi connectivity index (χ0n) is 9.88. The highest BCUT2D eigenvalue weighted by Crippen LogP contribution is 2.19. The van der Waals surface area contributed by atoms with E-state index in [2.05, 4.69) is 9.97 Å². The van der Waals surface area contributed by atoms with Crippen LogP contribution in [0.2, 0.25) is 5.02 Å². The maximum Gasteiger partial charge on any atom is 0.195 e. The molecule has 0 radical (unpaired) electrons. The Morgan fingerprint density at radius 1 is 1.00 bits per heavy atom. The Bertz CT molecular complexity index is 765. The van der Waals surface area contributed by atoms with Gasteiger partial charge in [0.25, 0.3) is 0 Å². The van der Waals surface area contributed by atoms with Crippen LogP contribution in [0.4, 0.5) is 0 Å². The molecule has 0 aliphatic carbocycles. The second-order valence-electron chi connectivity index (χ2n) is 4.07. The van der Waals surface area contributed by atoms with Crippen LogP contribution in [0.3, 0.4) is 0 Å². The molecule has 92 valence electrons. The van der Waals surface area contributed by atoms with Gasteiger partial charge in [-0.2, -0.15) is 0 Å². The molecule has 0 spiro atoms. The number of carbonyl (C=O) groups is 1. The van der Waals surface area contributed by atoms with Crippen LogP contribution in [0, 0.1) is 0 Å². The number of carbonyl (C=O) groups excluding carboxylic acids is 1. The summed E-state index contributed by atoms with van der Waals surface area (Å²) in [7, 11) is 0. The normalized spacial score (nSPS) is 10.6. The smallest absolute Gasteiger partial charge is 0.195 e. The first kappa shape index (κ1) is 11.8. The lowest BCUT2D eigenvalue weighted by Crippen LogP contribution is -2.03. The number of hydrogen-bond acceptors (Lipinski definition) is 3. The van der Waals surface area contributed by atoms with E-state index in [0.29, 0.717) is 27.2 Å². The third kappa shape index (κ3) is 2.20. The topological polar surface area (TPSA) is 42.9 Å². The molecule has 3 nitrogen and oxygen atoms in total. The molecule has 0 bridgehead atoms. The van der Waals surface area contributed by atoms with Gasteiger partial charge in [-0.3, -0.25) is 14.8 Å². The molecule has 0 saturated carbocycles. The lowest BCUT2D eigenvalue weighted by atomic mass is 10.0. The van der Waals surface area contributed by atoms with E-state index in [1.807, 2.05) is 6.07 Å². The summed E-state index contributed by atoms with van der Waals surface area (Å²) in [5.74, 6) is -0.103. The Kier molecular flexibility index (Phi) is 2.97. The standard InChI is InChI=1S/C15H9ClN2O/c16-11-4-1-3-10(9-11)15(19)12-5-2-6-13-14(12)18-8-7-17-13/h1-9H. The molecule has 1 heterocycles. The van der Waals surface area contributed by atoms with E-state index < -0.39 is 0 Å². The number of aromatic nitrogens is 2. The van der Waals surface area contributed by atoms with E-state index in [4.69, 9.17) is 11.6 Å². The minimum Gasteiger partial charge on any atom is -0.289 e. The molecule has 0 unspecified atom stereocenters. The first-order chi connectivity index (χ1) is 9.25. The molecule has 0 aliphatic heterocycles. The van der Waals surface area contributed by atoms with Crippen LogP contribution in [0.5, 0.6) is 0 Å². The van der Waals surface area contributed by atoms with Gasteiger partial charge in [0.1, 0.15) is 0 Å².